The Morgan fingerprint density at radius 3 is 2.62 bits per heavy atom. The van der Waals surface area contributed by atoms with Gasteiger partial charge in [-0.15, -0.1) is 0 Å². The highest BCUT2D eigenvalue weighted by Crippen LogP contribution is 2.22. The van der Waals surface area contributed by atoms with Crippen molar-refractivity contribution in [1.82, 2.24) is 14.9 Å². The van der Waals surface area contributed by atoms with Crippen LogP contribution in [0.2, 0.25) is 0 Å². The molecule has 6 nitrogen and oxygen atoms in total. The minimum Gasteiger partial charge on any atom is -0.494 e. The first-order chi connectivity index (χ1) is 15.5. The zero-order chi connectivity index (χ0) is 22.5. The predicted octanol–water partition coefficient (Wildman–Crippen LogP) is 5.60. The summed E-state index contributed by atoms with van der Waals surface area (Å²) in [5.74, 6) is 1.80. The van der Waals surface area contributed by atoms with E-state index in [-0.39, 0.29) is 11.9 Å². The van der Waals surface area contributed by atoms with Crippen LogP contribution in [0.25, 0.3) is 11.0 Å². The number of carbonyl (C=O) groups excluding carboxylic acids is 1. The number of hydrogen-bond acceptors (Lipinski definition) is 4. The van der Waals surface area contributed by atoms with Gasteiger partial charge in [-0.05, 0) is 81.1 Å². The number of carbonyl (C=O) groups is 1. The highest BCUT2D eigenvalue weighted by molar-refractivity contribution is 5.91. The molecule has 1 amide bonds. The van der Waals surface area contributed by atoms with E-state index in [2.05, 4.69) is 48.0 Å². The minimum atomic E-state index is -0.258. The highest BCUT2D eigenvalue weighted by atomic mass is 16.5. The fourth-order valence-electron chi connectivity index (χ4n) is 3.98. The van der Waals surface area contributed by atoms with Crippen LogP contribution in [-0.4, -0.2) is 22.1 Å². The predicted molar refractivity (Wildman–Crippen MR) is 125 cm³/mol. The summed E-state index contributed by atoms with van der Waals surface area (Å²) in [5.41, 5.74) is 4.41. The normalized spacial score (nSPS) is 12.1. The average Bonchev–Trinajstić information content (AvgIpc) is 3.41. The summed E-state index contributed by atoms with van der Waals surface area (Å²) in [4.78, 5) is 17.2. The monoisotopic (exact) mass is 431 g/mol. The number of benzene rings is 2. The Labute approximate surface area is 188 Å². The highest BCUT2D eigenvalue weighted by Gasteiger charge is 2.20. The number of furan rings is 1. The molecule has 32 heavy (non-hydrogen) atoms. The second-order valence-corrected chi connectivity index (χ2v) is 8.16. The molecule has 1 unspecified atom stereocenters. The SMILES string of the molecule is Cc1cc(C)cc(OCCCCn2c(C(C)NC(=O)c3ccco3)nc3ccccc32)c1. The van der Waals surface area contributed by atoms with Crippen LogP contribution in [0.15, 0.2) is 65.3 Å². The zero-order valence-corrected chi connectivity index (χ0v) is 18.8. The number of hydrogen-bond donors (Lipinski definition) is 1. The molecule has 2 aromatic heterocycles. The van der Waals surface area contributed by atoms with Crippen LogP contribution >= 0.6 is 0 Å². The first-order valence-electron chi connectivity index (χ1n) is 11.0. The van der Waals surface area contributed by atoms with Gasteiger partial charge in [-0.3, -0.25) is 4.79 Å². The van der Waals surface area contributed by atoms with Crippen LogP contribution in [0.5, 0.6) is 5.75 Å². The summed E-state index contributed by atoms with van der Waals surface area (Å²) in [7, 11) is 0. The number of ether oxygens (including phenoxy) is 1. The lowest BCUT2D eigenvalue weighted by Gasteiger charge is -2.16. The largest absolute Gasteiger partial charge is 0.494 e. The van der Waals surface area contributed by atoms with Gasteiger partial charge in [-0.1, -0.05) is 18.2 Å². The van der Waals surface area contributed by atoms with E-state index in [9.17, 15) is 4.79 Å². The van der Waals surface area contributed by atoms with E-state index < -0.39 is 0 Å². The molecule has 1 atom stereocenters. The first-order valence-corrected chi connectivity index (χ1v) is 11.0. The standard InChI is InChI=1S/C26H29N3O3/c1-18-15-19(2)17-21(16-18)31-13-7-6-12-29-23-10-5-4-9-22(23)28-25(29)20(3)27-26(30)24-11-8-14-32-24/h4-5,8-11,14-17,20H,6-7,12-13H2,1-3H3,(H,27,30). The Hall–Kier alpha value is -3.54. The van der Waals surface area contributed by atoms with Gasteiger partial charge in [0.05, 0.1) is 29.9 Å². The maximum atomic E-state index is 12.4. The van der Waals surface area contributed by atoms with Crippen LogP contribution in [0.1, 0.15) is 53.3 Å². The molecule has 1 N–H and O–H groups in total. The lowest BCUT2D eigenvalue weighted by atomic mass is 10.1. The number of rotatable bonds is 9. The molecule has 2 heterocycles. The maximum Gasteiger partial charge on any atom is 0.287 e. The Kier molecular flexibility index (Phi) is 6.59. The number of amides is 1. The number of fused-ring (bicyclic) bond motifs is 1. The average molecular weight is 432 g/mol. The van der Waals surface area contributed by atoms with Crippen molar-refractivity contribution in [3.63, 3.8) is 0 Å². The summed E-state index contributed by atoms with van der Waals surface area (Å²) in [6, 6.07) is 17.4. The van der Waals surface area contributed by atoms with Crippen molar-refractivity contribution in [2.45, 2.75) is 46.2 Å². The van der Waals surface area contributed by atoms with E-state index in [1.54, 1.807) is 12.1 Å². The van der Waals surface area contributed by atoms with Gasteiger partial charge in [-0.25, -0.2) is 4.98 Å². The Balaban J connectivity index is 1.41. The molecule has 4 rings (SSSR count). The first kappa shape index (κ1) is 21.7. The van der Waals surface area contributed by atoms with Gasteiger partial charge in [0.25, 0.3) is 5.91 Å². The van der Waals surface area contributed by atoms with Gasteiger partial charge < -0.3 is 19.0 Å². The summed E-state index contributed by atoms with van der Waals surface area (Å²) >= 11 is 0. The van der Waals surface area contributed by atoms with Crippen molar-refractivity contribution < 1.29 is 13.9 Å². The summed E-state index contributed by atoms with van der Waals surface area (Å²) in [6.45, 7) is 7.57. The fourth-order valence-corrected chi connectivity index (χ4v) is 3.98. The molecule has 0 saturated carbocycles. The third-order valence-corrected chi connectivity index (χ3v) is 5.40. The molecular weight excluding hydrogens is 402 g/mol. The molecule has 4 aromatic rings. The minimum absolute atomic E-state index is 0.247. The molecule has 0 saturated heterocycles. The molecule has 0 aliphatic rings. The van der Waals surface area contributed by atoms with Crippen molar-refractivity contribution in [1.29, 1.82) is 0 Å². The molecule has 0 spiro atoms. The van der Waals surface area contributed by atoms with Crippen LogP contribution < -0.4 is 10.1 Å². The number of nitrogens with zero attached hydrogens (tertiary/aromatic N) is 2. The van der Waals surface area contributed by atoms with E-state index in [0.29, 0.717) is 12.4 Å². The van der Waals surface area contributed by atoms with Crippen molar-refractivity contribution >= 4 is 16.9 Å². The fraction of sp³-hybridized carbons (Fsp3) is 0.308. The van der Waals surface area contributed by atoms with Crippen molar-refractivity contribution in [3.8, 4) is 5.75 Å². The van der Waals surface area contributed by atoms with Crippen LogP contribution in [0, 0.1) is 13.8 Å². The van der Waals surface area contributed by atoms with Gasteiger partial charge in [0.15, 0.2) is 5.76 Å². The third kappa shape index (κ3) is 5.02. The van der Waals surface area contributed by atoms with E-state index in [1.165, 1.54) is 17.4 Å². The Bertz CT molecular complexity index is 1170. The van der Waals surface area contributed by atoms with Crippen LogP contribution in [0.3, 0.4) is 0 Å². The molecule has 166 valence electrons. The number of unbranched alkanes of at least 4 members (excludes halogenated alkanes) is 1. The lowest BCUT2D eigenvalue weighted by Crippen LogP contribution is -2.28. The molecule has 0 aliphatic heterocycles. The summed E-state index contributed by atoms with van der Waals surface area (Å²) in [5, 5.41) is 2.99. The topological polar surface area (TPSA) is 69.3 Å². The number of aromatic nitrogens is 2. The summed E-state index contributed by atoms with van der Waals surface area (Å²) in [6.07, 6.45) is 3.36. The lowest BCUT2D eigenvalue weighted by molar-refractivity contribution is 0.0909. The molecule has 0 aliphatic carbocycles. The summed E-state index contributed by atoms with van der Waals surface area (Å²) < 4.78 is 13.4. The number of aryl methyl sites for hydroxylation is 3. The van der Waals surface area contributed by atoms with Crippen LogP contribution in [-0.2, 0) is 6.54 Å². The Morgan fingerprint density at radius 1 is 1.09 bits per heavy atom. The van der Waals surface area contributed by atoms with E-state index >= 15 is 0 Å². The van der Waals surface area contributed by atoms with E-state index in [0.717, 1.165) is 42.0 Å². The number of para-hydroxylation sites is 2. The molecule has 6 heteroatoms. The van der Waals surface area contributed by atoms with E-state index in [1.807, 2.05) is 25.1 Å². The maximum absolute atomic E-state index is 12.4. The van der Waals surface area contributed by atoms with Gasteiger partial charge >= 0.3 is 0 Å². The van der Waals surface area contributed by atoms with Gasteiger partial charge in [0, 0.05) is 6.54 Å². The third-order valence-electron chi connectivity index (χ3n) is 5.40. The number of nitrogens with one attached hydrogen (secondary N) is 1. The molecule has 0 bridgehead atoms. The zero-order valence-electron chi connectivity index (χ0n) is 18.8. The van der Waals surface area contributed by atoms with Gasteiger partial charge in [-0.2, -0.15) is 0 Å². The van der Waals surface area contributed by atoms with Crippen LogP contribution in [0.4, 0.5) is 0 Å². The molecular formula is C26H29N3O3. The van der Waals surface area contributed by atoms with E-state index in [4.69, 9.17) is 14.1 Å². The van der Waals surface area contributed by atoms with Crippen molar-refractivity contribution in [2.75, 3.05) is 6.61 Å². The molecule has 0 radical (unpaired) electrons. The van der Waals surface area contributed by atoms with Gasteiger partial charge in [0.1, 0.15) is 11.6 Å². The second-order valence-electron chi connectivity index (χ2n) is 8.16. The smallest absolute Gasteiger partial charge is 0.287 e. The van der Waals surface area contributed by atoms with Gasteiger partial charge in [0.2, 0.25) is 0 Å². The number of imidazole rings is 1. The molecule has 0 fully saturated rings. The van der Waals surface area contributed by atoms with Crippen molar-refractivity contribution in [3.05, 3.63) is 83.6 Å². The van der Waals surface area contributed by atoms with Crippen molar-refractivity contribution in [2.24, 2.45) is 0 Å². The second kappa shape index (κ2) is 9.73. The molecule has 2 aromatic carbocycles. The Morgan fingerprint density at radius 2 is 1.88 bits per heavy atom. The quantitative estimate of drug-likeness (QED) is 0.350.